The Bertz CT molecular complexity index is 1200. The molecule has 1 fully saturated rings. The van der Waals surface area contributed by atoms with Crippen molar-refractivity contribution in [3.63, 3.8) is 0 Å². The first-order chi connectivity index (χ1) is 16.9. The molecule has 7 nitrogen and oxygen atoms in total. The van der Waals surface area contributed by atoms with Crippen LogP contribution in [-0.2, 0) is 14.8 Å². The third-order valence-corrected chi connectivity index (χ3v) is 8.26. The molecule has 1 aliphatic rings. The molecule has 0 bridgehead atoms. The van der Waals surface area contributed by atoms with Gasteiger partial charge >= 0.3 is 0 Å². The molecule has 0 aliphatic carbocycles. The number of piperidine rings is 1. The Labute approximate surface area is 206 Å². The topological polar surface area (TPSA) is 84.9 Å². The number of methoxy groups -OCH3 is 2. The van der Waals surface area contributed by atoms with Crippen LogP contribution in [0.3, 0.4) is 0 Å². The molecule has 4 rings (SSSR count). The molecule has 0 unspecified atom stereocenters. The SMILES string of the molecule is COc1ccc(S(=O)(=O)N2CCC(C(=O)NC(c3ccccc3)c3ccccc3)CC2)cc1OC. The van der Waals surface area contributed by atoms with Crippen LogP contribution in [0.15, 0.2) is 83.8 Å². The van der Waals surface area contributed by atoms with Gasteiger partial charge in [0.2, 0.25) is 15.9 Å². The fourth-order valence-electron chi connectivity index (χ4n) is 4.39. The van der Waals surface area contributed by atoms with Crippen molar-refractivity contribution in [3.8, 4) is 11.5 Å². The van der Waals surface area contributed by atoms with Crippen LogP contribution in [0.4, 0.5) is 0 Å². The Hall–Kier alpha value is -3.36. The second-order valence-corrected chi connectivity index (χ2v) is 10.4. The first-order valence-electron chi connectivity index (χ1n) is 11.6. The Morgan fingerprint density at radius 2 is 1.40 bits per heavy atom. The van der Waals surface area contributed by atoms with E-state index >= 15 is 0 Å². The van der Waals surface area contributed by atoms with Gasteiger partial charge in [0, 0.05) is 25.1 Å². The highest BCUT2D eigenvalue weighted by Crippen LogP contribution is 2.32. The number of sulfonamides is 1. The molecule has 1 heterocycles. The van der Waals surface area contributed by atoms with E-state index in [0.717, 1.165) is 11.1 Å². The Kier molecular flexibility index (Phi) is 7.73. The summed E-state index contributed by atoms with van der Waals surface area (Å²) in [6.07, 6.45) is 0.906. The molecule has 3 aromatic rings. The second-order valence-electron chi connectivity index (χ2n) is 8.46. The molecule has 0 atom stereocenters. The van der Waals surface area contributed by atoms with E-state index in [1.54, 1.807) is 6.07 Å². The Morgan fingerprint density at radius 1 is 0.857 bits per heavy atom. The lowest BCUT2D eigenvalue weighted by Crippen LogP contribution is -2.43. The van der Waals surface area contributed by atoms with Crippen molar-refractivity contribution in [3.05, 3.63) is 90.0 Å². The number of rotatable bonds is 8. The van der Waals surface area contributed by atoms with E-state index in [2.05, 4.69) is 5.32 Å². The number of hydrogen-bond donors (Lipinski definition) is 1. The summed E-state index contributed by atoms with van der Waals surface area (Å²) in [5, 5.41) is 3.19. The summed E-state index contributed by atoms with van der Waals surface area (Å²) in [7, 11) is -0.741. The molecule has 0 spiro atoms. The minimum absolute atomic E-state index is 0.0640. The number of hydrogen-bond acceptors (Lipinski definition) is 5. The van der Waals surface area contributed by atoms with Gasteiger partial charge in [0.15, 0.2) is 11.5 Å². The van der Waals surface area contributed by atoms with Gasteiger partial charge in [-0.05, 0) is 36.1 Å². The van der Waals surface area contributed by atoms with Crippen molar-refractivity contribution in [2.24, 2.45) is 5.92 Å². The molecule has 1 aliphatic heterocycles. The van der Waals surface area contributed by atoms with Gasteiger partial charge in [-0.2, -0.15) is 4.31 Å². The summed E-state index contributed by atoms with van der Waals surface area (Å²) in [6, 6.07) is 24.0. The first kappa shape index (κ1) is 24.8. The van der Waals surface area contributed by atoms with Crippen molar-refractivity contribution >= 4 is 15.9 Å². The lowest BCUT2D eigenvalue weighted by atomic mass is 9.94. The minimum atomic E-state index is -3.71. The standard InChI is InChI=1S/C27H30N2O5S/c1-33-24-14-13-23(19-25(24)34-2)35(31,32)29-17-15-22(16-18-29)27(30)28-26(20-9-5-3-6-10-20)21-11-7-4-8-12-21/h3-14,19,22,26H,15-18H2,1-2H3,(H,28,30). The smallest absolute Gasteiger partial charge is 0.243 e. The van der Waals surface area contributed by atoms with Gasteiger partial charge in [-0.1, -0.05) is 60.7 Å². The number of nitrogens with one attached hydrogen (secondary N) is 1. The summed E-state index contributed by atoms with van der Waals surface area (Å²) in [4.78, 5) is 13.4. The monoisotopic (exact) mass is 494 g/mol. The number of carbonyl (C=O) groups excluding carboxylic acids is 1. The molecule has 1 saturated heterocycles. The van der Waals surface area contributed by atoms with Crippen molar-refractivity contribution < 1.29 is 22.7 Å². The molecule has 0 radical (unpaired) electrons. The molecule has 1 amide bonds. The van der Waals surface area contributed by atoms with Crippen LogP contribution in [-0.4, -0.2) is 45.9 Å². The van der Waals surface area contributed by atoms with Crippen LogP contribution in [0, 0.1) is 5.92 Å². The fraction of sp³-hybridized carbons (Fsp3) is 0.296. The predicted octanol–water partition coefficient (Wildman–Crippen LogP) is 4.01. The predicted molar refractivity (Wildman–Crippen MR) is 134 cm³/mol. The third kappa shape index (κ3) is 5.49. The van der Waals surface area contributed by atoms with Crippen LogP contribution >= 0.6 is 0 Å². The summed E-state index contributed by atoms with van der Waals surface area (Å²) in [5.41, 5.74) is 2.00. The van der Waals surface area contributed by atoms with E-state index in [-0.39, 0.29) is 35.9 Å². The fourth-order valence-corrected chi connectivity index (χ4v) is 5.88. The van der Waals surface area contributed by atoms with Gasteiger partial charge in [0.1, 0.15) is 0 Å². The van der Waals surface area contributed by atoms with E-state index in [1.807, 2.05) is 60.7 Å². The Balaban J connectivity index is 1.44. The van der Waals surface area contributed by atoms with E-state index in [1.165, 1.54) is 30.7 Å². The normalized spacial score (nSPS) is 15.1. The summed E-state index contributed by atoms with van der Waals surface area (Å²) in [5.74, 6) is 0.497. The summed E-state index contributed by atoms with van der Waals surface area (Å²) < 4.78 is 38.3. The maximum atomic E-state index is 13.2. The summed E-state index contributed by atoms with van der Waals surface area (Å²) >= 11 is 0. The third-order valence-electron chi connectivity index (χ3n) is 6.37. The van der Waals surface area contributed by atoms with Crippen LogP contribution in [0.2, 0.25) is 0 Å². The molecule has 8 heteroatoms. The number of amides is 1. The highest BCUT2D eigenvalue weighted by atomic mass is 32.2. The van der Waals surface area contributed by atoms with Crippen molar-refractivity contribution in [2.75, 3.05) is 27.3 Å². The van der Waals surface area contributed by atoms with Gasteiger partial charge in [-0.15, -0.1) is 0 Å². The van der Waals surface area contributed by atoms with E-state index in [0.29, 0.717) is 24.3 Å². The first-order valence-corrected chi connectivity index (χ1v) is 13.0. The lowest BCUT2D eigenvalue weighted by Gasteiger charge is -2.31. The average molecular weight is 495 g/mol. The molecular formula is C27H30N2O5S. The highest BCUT2D eigenvalue weighted by Gasteiger charge is 2.33. The zero-order chi connectivity index (χ0) is 24.8. The van der Waals surface area contributed by atoms with Crippen LogP contribution in [0.1, 0.15) is 30.0 Å². The largest absolute Gasteiger partial charge is 0.493 e. The minimum Gasteiger partial charge on any atom is -0.493 e. The van der Waals surface area contributed by atoms with Crippen LogP contribution in [0.5, 0.6) is 11.5 Å². The number of carbonyl (C=O) groups is 1. The van der Waals surface area contributed by atoms with Crippen LogP contribution < -0.4 is 14.8 Å². The van der Waals surface area contributed by atoms with Crippen LogP contribution in [0.25, 0.3) is 0 Å². The number of benzene rings is 3. The molecule has 3 aromatic carbocycles. The molecule has 1 N–H and O–H groups in total. The summed E-state index contributed by atoms with van der Waals surface area (Å²) in [6.45, 7) is 0.548. The average Bonchev–Trinajstić information content (AvgIpc) is 2.92. The van der Waals surface area contributed by atoms with E-state index in [9.17, 15) is 13.2 Å². The van der Waals surface area contributed by atoms with E-state index < -0.39 is 10.0 Å². The van der Waals surface area contributed by atoms with Gasteiger partial charge in [-0.3, -0.25) is 4.79 Å². The molecule has 184 valence electrons. The molecule has 0 saturated carbocycles. The van der Waals surface area contributed by atoms with Gasteiger partial charge in [0.05, 0.1) is 25.2 Å². The lowest BCUT2D eigenvalue weighted by molar-refractivity contribution is -0.126. The molecular weight excluding hydrogens is 464 g/mol. The number of ether oxygens (including phenoxy) is 2. The quantitative estimate of drug-likeness (QED) is 0.512. The number of nitrogens with zero attached hydrogens (tertiary/aromatic N) is 1. The van der Waals surface area contributed by atoms with Gasteiger partial charge in [-0.25, -0.2) is 8.42 Å². The van der Waals surface area contributed by atoms with E-state index in [4.69, 9.17) is 9.47 Å². The zero-order valence-corrected chi connectivity index (χ0v) is 20.7. The molecule has 35 heavy (non-hydrogen) atoms. The second kappa shape index (κ2) is 10.9. The zero-order valence-electron chi connectivity index (χ0n) is 19.9. The van der Waals surface area contributed by atoms with Crippen molar-refractivity contribution in [1.29, 1.82) is 0 Å². The maximum absolute atomic E-state index is 13.2. The Morgan fingerprint density at radius 3 is 1.91 bits per heavy atom. The van der Waals surface area contributed by atoms with Gasteiger partial charge in [0.25, 0.3) is 0 Å². The van der Waals surface area contributed by atoms with Crippen molar-refractivity contribution in [2.45, 2.75) is 23.8 Å². The van der Waals surface area contributed by atoms with Crippen molar-refractivity contribution in [1.82, 2.24) is 9.62 Å². The van der Waals surface area contributed by atoms with Gasteiger partial charge < -0.3 is 14.8 Å². The maximum Gasteiger partial charge on any atom is 0.243 e. The molecule has 0 aromatic heterocycles. The highest BCUT2D eigenvalue weighted by molar-refractivity contribution is 7.89.